The molecule has 0 amide bonds. The van der Waals surface area contributed by atoms with E-state index >= 15 is 0 Å². The normalized spacial score (nSPS) is 10.8. The van der Waals surface area contributed by atoms with Gasteiger partial charge in [-0.2, -0.15) is 0 Å². The van der Waals surface area contributed by atoms with Gasteiger partial charge in [-0.3, -0.25) is 0 Å². The van der Waals surface area contributed by atoms with E-state index in [0.717, 1.165) is 26.4 Å². The van der Waals surface area contributed by atoms with Crippen LogP contribution in [-0.4, -0.2) is 9.97 Å². The van der Waals surface area contributed by atoms with Crippen LogP contribution >= 0.6 is 27.5 Å². The Morgan fingerprint density at radius 1 is 1.21 bits per heavy atom. The van der Waals surface area contributed by atoms with Gasteiger partial charge in [-0.05, 0) is 52.0 Å². The van der Waals surface area contributed by atoms with Gasteiger partial charge in [0.15, 0.2) is 0 Å². The molecule has 0 saturated carbocycles. The Morgan fingerprint density at radius 3 is 2.42 bits per heavy atom. The van der Waals surface area contributed by atoms with Crippen LogP contribution in [0.25, 0.3) is 0 Å². The van der Waals surface area contributed by atoms with E-state index in [9.17, 15) is 0 Å². The Hall–Kier alpha value is -1.13. The van der Waals surface area contributed by atoms with Crippen molar-refractivity contribution < 1.29 is 4.74 Å². The van der Waals surface area contributed by atoms with Gasteiger partial charge in [0.1, 0.15) is 5.75 Å². The minimum atomic E-state index is 0.323. The third-order valence-corrected chi connectivity index (χ3v) is 3.45. The average molecular weight is 342 g/mol. The van der Waals surface area contributed by atoms with Gasteiger partial charge in [-0.15, -0.1) is 0 Å². The summed E-state index contributed by atoms with van der Waals surface area (Å²) in [4.78, 5) is 8.20. The molecule has 1 heterocycles. The van der Waals surface area contributed by atoms with Crippen molar-refractivity contribution in [3.05, 3.63) is 45.1 Å². The van der Waals surface area contributed by atoms with E-state index in [0.29, 0.717) is 11.9 Å². The predicted octanol–water partition coefficient (Wildman–Crippen LogP) is 5.12. The maximum Gasteiger partial charge on any atom is 0.321 e. The van der Waals surface area contributed by atoms with Gasteiger partial charge in [-0.1, -0.05) is 25.4 Å². The first-order valence-electron chi connectivity index (χ1n) is 5.93. The Balaban J connectivity index is 2.34. The fourth-order valence-electron chi connectivity index (χ4n) is 1.67. The summed E-state index contributed by atoms with van der Waals surface area (Å²) in [5.41, 5.74) is 2.01. The average Bonchev–Trinajstić information content (AvgIpc) is 2.34. The number of aryl methyl sites for hydroxylation is 1. The summed E-state index contributed by atoms with van der Waals surface area (Å²) in [6.45, 7) is 6.14. The molecule has 2 rings (SSSR count). The minimum absolute atomic E-state index is 0.323. The molecule has 19 heavy (non-hydrogen) atoms. The zero-order valence-electron chi connectivity index (χ0n) is 10.9. The standard InChI is InChI=1S/C14H14BrClN2O/c1-8(2)11-5-13(9(3)4-12(11)16)19-14-17-6-10(15)7-18-14/h4-8H,1-3H3. The monoisotopic (exact) mass is 340 g/mol. The van der Waals surface area contributed by atoms with Crippen molar-refractivity contribution >= 4 is 27.5 Å². The van der Waals surface area contributed by atoms with E-state index in [1.54, 1.807) is 12.4 Å². The van der Waals surface area contributed by atoms with Crippen LogP contribution in [0.2, 0.25) is 5.02 Å². The third-order valence-electron chi connectivity index (χ3n) is 2.71. The maximum atomic E-state index is 6.23. The van der Waals surface area contributed by atoms with Crippen molar-refractivity contribution in [2.75, 3.05) is 0 Å². The highest BCUT2D eigenvalue weighted by Crippen LogP contribution is 2.33. The van der Waals surface area contributed by atoms with Crippen molar-refractivity contribution in [2.24, 2.45) is 0 Å². The second kappa shape index (κ2) is 5.88. The van der Waals surface area contributed by atoms with Crippen molar-refractivity contribution in [1.29, 1.82) is 0 Å². The molecule has 2 aromatic rings. The summed E-state index contributed by atoms with van der Waals surface area (Å²) in [5, 5.41) is 0.761. The molecule has 0 fully saturated rings. The van der Waals surface area contributed by atoms with Crippen molar-refractivity contribution in [3.8, 4) is 11.8 Å². The van der Waals surface area contributed by atoms with Gasteiger partial charge in [0.2, 0.25) is 0 Å². The first-order valence-corrected chi connectivity index (χ1v) is 7.10. The van der Waals surface area contributed by atoms with Crippen LogP contribution in [0.15, 0.2) is 29.0 Å². The quantitative estimate of drug-likeness (QED) is 0.777. The summed E-state index contributed by atoms with van der Waals surface area (Å²) in [7, 11) is 0. The van der Waals surface area contributed by atoms with Gasteiger partial charge >= 0.3 is 6.01 Å². The Morgan fingerprint density at radius 2 is 1.84 bits per heavy atom. The number of halogens is 2. The van der Waals surface area contributed by atoms with Crippen LogP contribution in [0.5, 0.6) is 11.8 Å². The molecule has 0 atom stereocenters. The molecule has 0 unspecified atom stereocenters. The first-order chi connectivity index (χ1) is 8.97. The molecular weight excluding hydrogens is 328 g/mol. The number of benzene rings is 1. The third kappa shape index (κ3) is 3.45. The number of nitrogens with zero attached hydrogens (tertiary/aromatic N) is 2. The molecule has 100 valence electrons. The van der Waals surface area contributed by atoms with Crippen LogP contribution in [0.3, 0.4) is 0 Å². The molecule has 0 saturated heterocycles. The summed E-state index contributed by atoms with van der Waals surface area (Å²) < 4.78 is 6.52. The van der Waals surface area contributed by atoms with E-state index < -0.39 is 0 Å². The van der Waals surface area contributed by atoms with Crippen LogP contribution in [0.4, 0.5) is 0 Å². The number of hydrogen-bond acceptors (Lipinski definition) is 3. The lowest BCUT2D eigenvalue weighted by atomic mass is 10.0. The number of hydrogen-bond donors (Lipinski definition) is 0. The molecule has 0 aliphatic rings. The van der Waals surface area contributed by atoms with Crippen LogP contribution < -0.4 is 4.74 Å². The van der Waals surface area contributed by atoms with E-state index in [-0.39, 0.29) is 0 Å². The second-order valence-electron chi connectivity index (χ2n) is 4.58. The number of ether oxygens (including phenoxy) is 1. The predicted molar refractivity (Wildman–Crippen MR) is 80.1 cm³/mol. The molecule has 5 heteroatoms. The highest BCUT2D eigenvalue weighted by Gasteiger charge is 2.11. The van der Waals surface area contributed by atoms with E-state index in [1.165, 1.54) is 0 Å². The summed E-state index contributed by atoms with van der Waals surface area (Å²) >= 11 is 9.51. The van der Waals surface area contributed by atoms with Gasteiger partial charge in [0, 0.05) is 17.4 Å². The molecule has 0 aliphatic carbocycles. The maximum absolute atomic E-state index is 6.23. The van der Waals surface area contributed by atoms with Crippen molar-refractivity contribution in [2.45, 2.75) is 26.7 Å². The lowest BCUT2D eigenvalue weighted by Crippen LogP contribution is -1.96. The van der Waals surface area contributed by atoms with Crippen LogP contribution in [0.1, 0.15) is 30.9 Å². The smallest absolute Gasteiger partial charge is 0.321 e. The van der Waals surface area contributed by atoms with E-state index in [2.05, 4.69) is 39.7 Å². The zero-order valence-corrected chi connectivity index (χ0v) is 13.3. The SMILES string of the molecule is Cc1cc(Cl)c(C(C)C)cc1Oc1ncc(Br)cn1. The van der Waals surface area contributed by atoms with Crippen molar-refractivity contribution in [3.63, 3.8) is 0 Å². The summed E-state index contributed by atoms with van der Waals surface area (Å²) in [6, 6.07) is 4.18. The van der Waals surface area contributed by atoms with E-state index in [4.69, 9.17) is 16.3 Å². The van der Waals surface area contributed by atoms with Gasteiger partial charge in [-0.25, -0.2) is 9.97 Å². The fraction of sp³-hybridized carbons (Fsp3) is 0.286. The molecule has 3 nitrogen and oxygen atoms in total. The Labute approximate surface area is 126 Å². The molecule has 0 radical (unpaired) electrons. The number of aromatic nitrogens is 2. The summed E-state index contributed by atoms with van der Waals surface area (Å²) in [5.74, 6) is 1.07. The zero-order chi connectivity index (χ0) is 14.0. The van der Waals surface area contributed by atoms with Gasteiger partial charge < -0.3 is 4.74 Å². The van der Waals surface area contributed by atoms with Gasteiger partial charge in [0.05, 0.1) is 4.47 Å². The summed E-state index contributed by atoms with van der Waals surface area (Å²) in [6.07, 6.45) is 3.30. The Kier molecular flexibility index (Phi) is 4.42. The largest absolute Gasteiger partial charge is 0.424 e. The molecule has 0 aliphatic heterocycles. The topological polar surface area (TPSA) is 35.0 Å². The van der Waals surface area contributed by atoms with E-state index in [1.807, 2.05) is 19.1 Å². The molecule has 1 aromatic carbocycles. The lowest BCUT2D eigenvalue weighted by molar-refractivity contribution is 0.437. The fourth-order valence-corrected chi connectivity index (χ4v) is 2.31. The van der Waals surface area contributed by atoms with Crippen LogP contribution in [0, 0.1) is 6.92 Å². The highest BCUT2D eigenvalue weighted by molar-refractivity contribution is 9.10. The molecule has 0 N–H and O–H groups in total. The molecular formula is C14H14BrClN2O. The molecule has 0 bridgehead atoms. The van der Waals surface area contributed by atoms with Gasteiger partial charge in [0.25, 0.3) is 0 Å². The van der Waals surface area contributed by atoms with Crippen LogP contribution in [-0.2, 0) is 0 Å². The van der Waals surface area contributed by atoms with Crippen molar-refractivity contribution in [1.82, 2.24) is 9.97 Å². The molecule has 0 spiro atoms. The molecule has 1 aromatic heterocycles. The highest BCUT2D eigenvalue weighted by atomic mass is 79.9. The Bertz CT molecular complexity index is 585. The number of rotatable bonds is 3. The minimum Gasteiger partial charge on any atom is -0.424 e. The second-order valence-corrected chi connectivity index (χ2v) is 5.90. The lowest BCUT2D eigenvalue weighted by Gasteiger charge is -2.13. The first kappa shape index (κ1) is 14.3.